The van der Waals surface area contributed by atoms with E-state index < -0.39 is 0 Å². The highest BCUT2D eigenvalue weighted by atomic mass is 16.1. The zero-order valence-corrected chi connectivity index (χ0v) is 9.86. The second-order valence-electron chi connectivity index (χ2n) is 4.55. The zero-order chi connectivity index (χ0) is 12.3. The summed E-state index contributed by atoms with van der Waals surface area (Å²) in [6.45, 7) is 0.800. The maximum Gasteiger partial charge on any atom is 0.217 e. The normalized spacial score (nSPS) is 22.4. The van der Waals surface area contributed by atoms with E-state index in [1.807, 2.05) is 12.1 Å². The predicted molar refractivity (Wildman–Crippen MR) is 67.2 cm³/mol. The Bertz CT molecular complexity index is 405. The first-order chi connectivity index (χ1) is 8.18. The maximum absolute atomic E-state index is 10.6. The van der Waals surface area contributed by atoms with Gasteiger partial charge in [-0.25, -0.2) is 0 Å². The molecule has 0 spiro atoms. The van der Waals surface area contributed by atoms with Crippen molar-refractivity contribution in [1.29, 1.82) is 0 Å². The van der Waals surface area contributed by atoms with E-state index in [1.54, 1.807) is 0 Å². The lowest BCUT2D eigenvalue weighted by atomic mass is 10.1. The second-order valence-corrected chi connectivity index (χ2v) is 4.55. The van der Waals surface area contributed by atoms with Gasteiger partial charge in [0, 0.05) is 18.5 Å². The van der Waals surface area contributed by atoms with Crippen molar-refractivity contribution in [3.63, 3.8) is 0 Å². The van der Waals surface area contributed by atoms with Crippen LogP contribution in [0.3, 0.4) is 0 Å². The highest BCUT2D eigenvalue weighted by Gasteiger charge is 2.27. The van der Waals surface area contributed by atoms with Gasteiger partial charge in [-0.15, -0.1) is 0 Å². The van der Waals surface area contributed by atoms with Crippen LogP contribution < -0.4 is 16.8 Å². The Morgan fingerprint density at radius 2 is 2.06 bits per heavy atom. The van der Waals surface area contributed by atoms with E-state index in [2.05, 4.69) is 17.4 Å². The van der Waals surface area contributed by atoms with E-state index >= 15 is 0 Å². The van der Waals surface area contributed by atoms with Crippen molar-refractivity contribution >= 4 is 5.91 Å². The van der Waals surface area contributed by atoms with Crippen molar-refractivity contribution in [1.82, 2.24) is 5.32 Å². The van der Waals surface area contributed by atoms with Gasteiger partial charge in [0.2, 0.25) is 5.91 Å². The summed E-state index contributed by atoms with van der Waals surface area (Å²) in [5.74, 6) is -0.240. The number of hydrogen-bond donors (Lipinski definition) is 3. The fourth-order valence-corrected chi connectivity index (χ4v) is 2.41. The molecule has 0 bridgehead atoms. The third-order valence-corrected chi connectivity index (χ3v) is 3.25. The van der Waals surface area contributed by atoms with Crippen LogP contribution in [0.5, 0.6) is 0 Å². The Morgan fingerprint density at radius 1 is 1.35 bits per heavy atom. The molecule has 2 unspecified atom stereocenters. The number of carbonyl (C=O) groups excluding carboxylic acids is 1. The second kappa shape index (κ2) is 5.29. The number of amides is 1. The van der Waals surface area contributed by atoms with Crippen molar-refractivity contribution in [3.05, 3.63) is 35.4 Å². The minimum absolute atomic E-state index is 0.125. The van der Waals surface area contributed by atoms with Gasteiger partial charge in [-0.05, 0) is 30.5 Å². The lowest BCUT2D eigenvalue weighted by Gasteiger charge is -2.13. The van der Waals surface area contributed by atoms with Gasteiger partial charge in [-0.2, -0.15) is 0 Å². The van der Waals surface area contributed by atoms with Crippen molar-refractivity contribution < 1.29 is 4.79 Å². The number of nitrogens with two attached hydrogens (primary N) is 2. The molecule has 1 amide bonds. The molecule has 1 aliphatic rings. The molecule has 0 radical (unpaired) electrons. The molecule has 5 N–H and O–H groups in total. The lowest BCUT2D eigenvalue weighted by molar-refractivity contribution is -0.118. The van der Waals surface area contributed by atoms with Crippen molar-refractivity contribution in [2.24, 2.45) is 11.5 Å². The average molecular weight is 233 g/mol. The van der Waals surface area contributed by atoms with Crippen molar-refractivity contribution in [3.8, 4) is 0 Å². The van der Waals surface area contributed by atoms with E-state index in [-0.39, 0.29) is 11.9 Å². The molecule has 0 fully saturated rings. The zero-order valence-electron chi connectivity index (χ0n) is 9.86. The molecular weight excluding hydrogens is 214 g/mol. The fraction of sp³-hybridized carbons (Fsp3) is 0.462. The Morgan fingerprint density at radius 3 is 2.76 bits per heavy atom. The van der Waals surface area contributed by atoms with Crippen LogP contribution in [0.25, 0.3) is 0 Å². The molecular formula is C13H19N3O. The van der Waals surface area contributed by atoms with E-state index in [0.717, 1.165) is 19.4 Å². The van der Waals surface area contributed by atoms with E-state index in [9.17, 15) is 4.79 Å². The SMILES string of the molecule is NC(=O)CCCNC1CC(N)c2ccccc21. The molecule has 2 rings (SSSR count). The topological polar surface area (TPSA) is 81.1 Å². The predicted octanol–water partition coefficient (Wildman–Crippen LogP) is 0.986. The smallest absolute Gasteiger partial charge is 0.217 e. The van der Waals surface area contributed by atoms with Crippen LogP contribution in [0.1, 0.15) is 42.5 Å². The van der Waals surface area contributed by atoms with Gasteiger partial charge in [0.25, 0.3) is 0 Å². The molecule has 1 aromatic rings. The van der Waals surface area contributed by atoms with Crippen LogP contribution in [-0.4, -0.2) is 12.5 Å². The number of benzene rings is 1. The summed E-state index contributed by atoms with van der Waals surface area (Å²) in [4.78, 5) is 10.6. The minimum Gasteiger partial charge on any atom is -0.370 e. The van der Waals surface area contributed by atoms with Crippen LogP contribution in [-0.2, 0) is 4.79 Å². The standard InChI is InChI=1S/C13H19N3O/c14-11-8-12(16-7-3-6-13(15)17)10-5-2-1-4-9(10)11/h1-2,4-5,11-12,16H,3,6-8,14H2,(H2,15,17). The Kier molecular flexibility index (Phi) is 3.76. The van der Waals surface area contributed by atoms with E-state index in [4.69, 9.17) is 11.5 Å². The molecule has 1 aliphatic carbocycles. The summed E-state index contributed by atoms with van der Waals surface area (Å²) in [6.07, 6.45) is 2.15. The lowest BCUT2D eigenvalue weighted by Crippen LogP contribution is -2.22. The molecule has 0 aromatic heterocycles. The van der Waals surface area contributed by atoms with Gasteiger partial charge in [0.1, 0.15) is 0 Å². The number of nitrogens with one attached hydrogen (secondary N) is 1. The van der Waals surface area contributed by atoms with Crippen LogP contribution in [0.15, 0.2) is 24.3 Å². The summed E-state index contributed by atoms with van der Waals surface area (Å²) >= 11 is 0. The van der Waals surface area contributed by atoms with Crippen molar-refractivity contribution in [2.45, 2.75) is 31.3 Å². The highest BCUT2D eigenvalue weighted by Crippen LogP contribution is 2.36. The molecule has 0 aliphatic heterocycles. The first-order valence-corrected chi connectivity index (χ1v) is 6.04. The third kappa shape index (κ3) is 2.84. The van der Waals surface area contributed by atoms with E-state index in [0.29, 0.717) is 12.5 Å². The summed E-state index contributed by atoms with van der Waals surface area (Å²) in [5.41, 5.74) is 13.7. The molecule has 4 nitrogen and oxygen atoms in total. The van der Waals surface area contributed by atoms with Crippen LogP contribution in [0.4, 0.5) is 0 Å². The number of fused-ring (bicyclic) bond motifs is 1. The number of carbonyl (C=O) groups is 1. The van der Waals surface area contributed by atoms with Gasteiger partial charge in [-0.3, -0.25) is 4.79 Å². The van der Waals surface area contributed by atoms with E-state index in [1.165, 1.54) is 11.1 Å². The summed E-state index contributed by atoms with van der Waals surface area (Å²) in [5, 5.41) is 3.44. The van der Waals surface area contributed by atoms with Crippen LogP contribution in [0, 0.1) is 0 Å². The van der Waals surface area contributed by atoms with Gasteiger partial charge < -0.3 is 16.8 Å². The molecule has 17 heavy (non-hydrogen) atoms. The monoisotopic (exact) mass is 233 g/mol. The van der Waals surface area contributed by atoms with Crippen LogP contribution in [0.2, 0.25) is 0 Å². The summed E-state index contributed by atoms with van der Waals surface area (Å²) < 4.78 is 0. The summed E-state index contributed by atoms with van der Waals surface area (Å²) in [6, 6.07) is 8.70. The maximum atomic E-state index is 10.6. The Labute approximate surface area is 101 Å². The Hall–Kier alpha value is -1.39. The van der Waals surface area contributed by atoms with Gasteiger partial charge in [-0.1, -0.05) is 24.3 Å². The molecule has 1 aromatic carbocycles. The van der Waals surface area contributed by atoms with Gasteiger partial charge >= 0.3 is 0 Å². The van der Waals surface area contributed by atoms with Gasteiger partial charge in [0.05, 0.1) is 0 Å². The van der Waals surface area contributed by atoms with Crippen LogP contribution >= 0.6 is 0 Å². The molecule has 4 heteroatoms. The quantitative estimate of drug-likeness (QED) is 0.663. The first kappa shape index (κ1) is 12.1. The minimum atomic E-state index is -0.240. The molecule has 92 valence electrons. The number of primary amides is 1. The third-order valence-electron chi connectivity index (χ3n) is 3.25. The fourth-order valence-electron chi connectivity index (χ4n) is 2.41. The largest absolute Gasteiger partial charge is 0.370 e. The average Bonchev–Trinajstić information content (AvgIpc) is 2.63. The molecule has 0 saturated carbocycles. The molecule has 0 heterocycles. The Balaban J connectivity index is 1.89. The summed E-state index contributed by atoms with van der Waals surface area (Å²) in [7, 11) is 0. The number of rotatable bonds is 5. The highest BCUT2D eigenvalue weighted by molar-refractivity contribution is 5.73. The molecule has 2 atom stereocenters. The first-order valence-electron chi connectivity index (χ1n) is 6.04. The van der Waals surface area contributed by atoms with Gasteiger partial charge in [0.15, 0.2) is 0 Å². The molecule has 0 saturated heterocycles. The number of hydrogen-bond acceptors (Lipinski definition) is 3. The van der Waals surface area contributed by atoms with Crippen molar-refractivity contribution in [2.75, 3.05) is 6.54 Å².